The van der Waals surface area contributed by atoms with Gasteiger partial charge < -0.3 is 5.11 Å². The molecule has 0 saturated heterocycles. The number of hydrogen-bond acceptors (Lipinski definition) is 5. The van der Waals surface area contributed by atoms with Gasteiger partial charge in [0, 0.05) is 12.1 Å². The molecule has 1 aliphatic heterocycles. The topological polar surface area (TPSA) is 101 Å². The summed E-state index contributed by atoms with van der Waals surface area (Å²) in [5.74, 6) is -1.11. The number of aliphatic hydroxyl groups excluding tert-OH is 1. The molecule has 1 heterocycles. The van der Waals surface area contributed by atoms with Gasteiger partial charge in [0.1, 0.15) is 0 Å². The van der Waals surface area contributed by atoms with Gasteiger partial charge in [-0.05, 0) is 12.5 Å². The van der Waals surface area contributed by atoms with Crippen LogP contribution in [-0.2, 0) is 0 Å². The van der Waals surface area contributed by atoms with Crippen LogP contribution in [-0.4, -0.2) is 39.4 Å². The second kappa shape index (κ2) is 4.77. The number of benzene rings is 1. The van der Waals surface area contributed by atoms with Crippen LogP contribution in [0.1, 0.15) is 34.1 Å². The Morgan fingerprint density at radius 1 is 1.32 bits per heavy atom. The van der Waals surface area contributed by atoms with E-state index in [9.17, 15) is 24.8 Å². The minimum absolute atomic E-state index is 0.0195. The van der Waals surface area contributed by atoms with E-state index < -0.39 is 22.8 Å². The molecule has 7 heteroatoms. The molecule has 100 valence electrons. The van der Waals surface area contributed by atoms with Crippen LogP contribution in [0.2, 0.25) is 0 Å². The van der Waals surface area contributed by atoms with Crippen LogP contribution in [0.5, 0.6) is 0 Å². The smallest absolute Gasteiger partial charge is 0.270 e. The van der Waals surface area contributed by atoms with Gasteiger partial charge in [-0.3, -0.25) is 24.6 Å². The molecule has 1 atom stereocenters. The SMILES string of the molecule is CC[C@@H](CO)N1C(=O)c2ccc([N+](=O)[O-])cc2C1=O. The first kappa shape index (κ1) is 13.2. The Hall–Kier alpha value is -2.28. The molecule has 1 N–H and O–H groups in total. The number of nitrogens with zero attached hydrogens (tertiary/aromatic N) is 2. The molecule has 0 unspecified atom stereocenters. The molecular formula is C12H12N2O5. The number of carbonyl (C=O) groups excluding carboxylic acids is 2. The van der Waals surface area contributed by atoms with Crippen molar-refractivity contribution >= 4 is 17.5 Å². The first-order valence-electron chi connectivity index (χ1n) is 5.78. The third-order valence-corrected chi connectivity index (χ3v) is 3.16. The fourth-order valence-electron chi connectivity index (χ4n) is 2.09. The summed E-state index contributed by atoms with van der Waals surface area (Å²) in [7, 11) is 0. The molecule has 0 aromatic heterocycles. The largest absolute Gasteiger partial charge is 0.394 e. The number of hydrogen-bond donors (Lipinski definition) is 1. The number of imide groups is 1. The first-order valence-corrected chi connectivity index (χ1v) is 5.78. The number of amides is 2. The molecule has 7 nitrogen and oxygen atoms in total. The monoisotopic (exact) mass is 264 g/mol. The summed E-state index contributed by atoms with van der Waals surface area (Å²) in [6.45, 7) is 1.41. The van der Waals surface area contributed by atoms with Gasteiger partial charge in [0.25, 0.3) is 17.5 Å². The zero-order valence-electron chi connectivity index (χ0n) is 10.2. The van der Waals surface area contributed by atoms with Crippen molar-refractivity contribution in [3.8, 4) is 0 Å². The van der Waals surface area contributed by atoms with Crippen LogP contribution in [0, 0.1) is 10.1 Å². The molecule has 0 radical (unpaired) electrons. The van der Waals surface area contributed by atoms with E-state index in [0.717, 1.165) is 11.0 Å². The minimum Gasteiger partial charge on any atom is -0.394 e. The van der Waals surface area contributed by atoms with Gasteiger partial charge in [0.15, 0.2) is 0 Å². The summed E-state index contributed by atoms with van der Waals surface area (Å²) < 4.78 is 0. The van der Waals surface area contributed by atoms with E-state index in [4.69, 9.17) is 0 Å². The highest BCUT2D eigenvalue weighted by atomic mass is 16.6. The summed E-state index contributed by atoms with van der Waals surface area (Å²) in [6.07, 6.45) is 0.421. The van der Waals surface area contributed by atoms with E-state index in [0.29, 0.717) is 6.42 Å². The van der Waals surface area contributed by atoms with Crippen molar-refractivity contribution in [2.24, 2.45) is 0 Å². The van der Waals surface area contributed by atoms with Crippen molar-refractivity contribution in [2.75, 3.05) is 6.61 Å². The molecule has 0 spiro atoms. The highest BCUT2D eigenvalue weighted by molar-refractivity contribution is 6.21. The molecule has 0 bridgehead atoms. The number of carbonyl (C=O) groups is 2. The predicted molar refractivity (Wildman–Crippen MR) is 64.8 cm³/mol. The van der Waals surface area contributed by atoms with Crippen molar-refractivity contribution in [3.05, 3.63) is 39.4 Å². The minimum atomic E-state index is -0.621. The second-order valence-electron chi connectivity index (χ2n) is 4.21. The number of nitro benzene ring substituents is 1. The maximum atomic E-state index is 12.1. The van der Waals surface area contributed by atoms with Crippen molar-refractivity contribution in [2.45, 2.75) is 19.4 Å². The lowest BCUT2D eigenvalue weighted by Crippen LogP contribution is -2.41. The second-order valence-corrected chi connectivity index (χ2v) is 4.21. The van der Waals surface area contributed by atoms with Gasteiger partial charge >= 0.3 is 0 Å². The van der Waals surface area contributed by atoms with E-state index in [1.807, 2.05) is 0 Å². The fourth-order valence-corrected chi connectivity index (χ4v) is 2.09. The normalized spacial score (nSPS) is 15.6. The number of non-ortho nitro benzene ring substituents is 1. The molecule has 19 heavy (non-hydrogen) atoms. The standard InChI is InChI=1S/C12H12N2O5/c1-2-7(6-15)13-11(16)9-4-3-8(14(18)19)5-10(9)12(13)17/h3-5,7,15H,2,6H2,1H3/t7-/m0/s1. The van der Waals surface area contributed by atoms with E-state index in [-0.39, 0.29) is 23.4 Å². The van der Waals surface area contributed by atoms with E-state index in [2.05, 4.69) is 0 Å². The molecule has 2 amide bonds. The van der Waals surface area contributed by atoms with Crippen LogP contribution < -0.4 is 0 Å². The lowest BCUT2D eigenvalue weighted by atomic mass is 10.1. The van der Waals surface area contributed by atoms with Crippen LogP contribution in [0.25, 0.3) is 0 Å². The molecule has 1 aromatic carbocycles. The molecule has 1 aromatic rings. The summed E-state index contributed by atoms with van der Waals surface area (Å²) in [5, 5.41) is 19.9. The lowest BCUT2D eigenvalue weighted by Gasteiger charge is -2.22. The number of rotatable bonds is 4. The Labute approximate surface area is 108 Å². The van der Waals surface area contributed by atoms with Crippen molar-refractivity contribution in [3.63, 3.8) is 0 Å². The third kappa shape index (κ3) is 1.97. The Bertz CT molecular complexity index is 565. The summed E-state index contributed by atoms with van der Waals surface area (Å²) in [5.41, 5.74) is -0.0765. The summed E-state index contributed by atoms with van der Waals surface area (Å²) >= 11 is 0. The number of fused-ring (bicyclic) bond motifs is 1. The predicted octanol–water partition coefficient (Wildman–Crippen LogP) is 0.962. The van der Waals surface area contributed by atoms with Crippen LogP contribution in [0.4, 0.5) is 5.69 Å². The molecular weight excluding hydrogens is 252 g/mol. The quantitative estimate of drug-likeness (QED) is 0.496. The average Bonchev–Trinajstić information content (AvgIpc) is 2.65. The van der Waals surface area contributed by atoms with Gasteiger partial charge in [0.2, 0.25) is 0 Å². The van der Waals surface area contributed by atoms with Gasteiger partial charge in [-0.15, -0.1) is 0 Å². The van der Waals surface area contributed by atoms with Crippen molar-refractivity contribution in [1.29, 1.82) is 0 Å². The van der Waals surface area contributed by atoms with E-state index in [1.165, 1.54) is 12.1 Å². The highest BCUT2D eigenvalue weighted by Crippen LogP contribution is 2.28. The van der Waals surface area contributed by atoms with E-state index in [1.54, 1.807) is 6.92 Å². The lowest BCUT2D eigenvalue weighted by molar-refractivity contribution is -0.384. The zero-order valence-corrected chi connectivity index (χ0v) is 10.2. The number of aliphatic hydroxyl groups is 1. The Balaban J connectivity index is 2.47. The van der Waals surface area contributed by atoms with Crippen LogP contribution in [0.15, 0.2) is 18.2 Å². The fraction of sp³-hybridized carbons (Fsp3) is 0.333. The average molecular weight is 264 g/mol. The maximum Gasteiger partial charge on any atom is 0.270 e. The third-order valence-electron chi connectivity index (χ3n) is 3.16. The van der Waals surface area contributed by atoms with Gasteiger partial charge in [-0.25, -0.2) is 0 Å². The summed E-state index contributed by atoms with van der Waals surface area (Å²) in [6, 6.07) is 2.96. The molecule has 1 aliphatic rings. The Morgan fingerprint density at radius 3 is 2.47 bits per heavy atom. The molecule has 0 fully saturated rings. The molecule has 0 saturated carbocycles. The van der Waals surface area contributed by atoms with Gasteiger partial charge in [-0.1, -0.05) is 6.92 Å². The van der Waals surface area contributed by atoms with Crippen molar-refractivity contribution in [1.82, 2.24) is 4.90 Å². The first-order chi connectivity index (χ1) is 9.01. The number of nitro groups is 1. The van der Waals surface area contributed by atoms with Gasteiger partial charge in [-0.2, -0.15) is 0 Å². The Morgan fingerprint density at radius 2 is 1.95 bits per heavy atom. The van der Waals surface area contributed by atoms with E-state index >= 15 is 0 Å². The highest BCUT2D eigenvalue weighted by Gasteiger charge is 2.40. The summed E-state index contributed by atoms with van der Waals surface area (Å²) in [4.78, 5) is 35.2. The van der Waals surface area contributed by atoms with Gasteiger partial charge in [0.05, 0.1) is 28.7 Å². The molecule has 2 rings (SSSR count). The Kier molecular flexibility index (Phi) is 3.30. The van der Waals surface area contributed by atoms with Crippen LogP contribution in [0.3, 0.4) is 0 Å². The maximum absolute atomic E-state index is 12.1. The van der Waals surface area contributed by atoms with Crippen LogP contribution >= 0.6 is 0 Å². The zero-order chi connectivity index (χ0) is 14.2. The van der Waals surface area contributed by atoms with Crippen molar-refractivity contribution < 1.29 is 19.6 Å². The molecule has 0 aliphatic carbocycles.